The second-order valence-corrected chi connectivity index (χ2v) is 4.29. The van der Waals surface area contributed by atoms with Crippen molar-refractivity contribution in [2.75, 3.05) is 11.5 Å². The molecule has 0 aromatic heterocycles. The first-order valence-electron chi connectivity index (χ1n) is 5.86. The van der Waals surface area contributed by atoms with Gasteiger partial charge in [-0.15, -0.1) is 13.2 Å². The molecule has 0 saturated heterocycles. The van der Waals surface area contributed by atoms with E-state index in [-0.39, 0.29) is 11.5 Å². The van der Waals surface area contributed by atoms with Crippen molar-refractivity contribution in [3.05, 3.63) is 53.6 Å². The molecule has 0 radical (unpaired) electrons. The maximum absolute atomic E-state index is 12.1. The third kappa shape index (κ3) is 3.65. The molecule has 0 spiro atoms. The second kappa shape index (κ2) is 5.35. The maximum atomic E-state index is 12.1. The maximum Gasteiger partial charge on any atom is 0.573 e. The molecule has 21 heavy (non-hydrogen) atoms. The second-order valence-electron chi connectivity index (χ2n) is 4.29. The number of hydrogen-bond donors (Lipinski definition) is 3. The normalized spacial score (nSPS) is 11.2. The van der Waals surface area contributed by atoms with Gasteiger partial charge in [0.1, 0.15) is 5.75 Å². The van der Waals surface area contributed by atoms with Crippen LogP contribution in [0.1, 0.15) is 11.1 Å². The Kier molecular flexibility index (Phi) is 3.75. The summed E-state index contributed by atoms with van der Waals surface area (Å²) in [4.78, 5) is 0. The Morgan fingerprint density at radius 2 is 1.62 bits per heavy atom. The highest BCUT2D eigenvalue weighted by molar-refractivity contribution is 6.14. The number of nitrogen functional groups attached to an aromatic ring is 2. The van der Waals surface area contributed by atoms with E-state index in [1.807, 2.05) is 0 Å². The van der Waals surface area contributed by atoms with Gasteiger partial charge in [-0.3, -0.25) is 5.41 Å². The summed E-state index contributed by atoms with van der Waals surface area (Å²) in [6, 6.07) is 9.70. The number of anilines is 2. The van der Waals surface area contributed by atoms with Gasteiger partial charge >= 0.3 is 6.36 Å². The smallest absolute Gasteiger partial charge is 0.406 e. The summed E-state index contributed by atoms with van der Waals surface area (Å²) >= 11 is 0. The quantitative estimate of drug-likeness (QED) is 0.600. The average molecular weight is 295 g/mol. The van der Waals surface area contributed by atoms with Crippen molar-refractivity contribution in [3.8, 4) is 5.75 Å². The molecule has 0 aliphatic heterocycles. The molecule has 4 nitrogen and oxygen atoms in total. The van der Waals surface area contributed by atoms with E-state index >= 15 is 0 Å². The first-order valence-corrected chi connectivity index (χ1v) is 5.86. The van der Waals surface area contributed by atoms with Crippen LogP contribution in [-0.4, -0.2) is 12.1 Å². The molecule has 0 fully saturated rings. The van der Waals surface area contributed by atoms with Crippen molar-refractivity contribution >= 4 is 17.1 Å². The predicted molar refractivity (Wildman–Crippen MR) is 74.3 cm³/mol. The van der Waals surface area contributed by atoms with Gasteiger partial charge in [-0.25, -0.2) is 0 Å². The molecule has 0 bridgehead atoms. The summed E-state index contributed by atoms with van der Waals surface area (Å²) < 4.78 is 40.0. The Balaban J connectivity index is 2.26. The van der Waals surface area contributed by atoms with Crippen LogP contribution >= 0.6 is 0 Å². The molecule has 0 amide bonds. The summed E-state index contributed by atoms with van der Waals surface area (Å²) in [6.07, 6.45) is -4.74. The minimum absolute atomic E-state index is 0.0679. The molecule has 0 aliphatic carbocycles. The van der Waals surface area contributed by atoms with Gasteiger partial charge in [-0.2, -0.15) is 0 Å². The molecular weight excluding hydrogens is 283 g/mol. The highest BCUT2D eigenvalue weighted by Crippen LogP contribution is 2.24. The monoisotopic (exact) mass is 295 g/mol. The van der Waals surface area contributed by atoms with Crippen molar-refractivity contribution in [3.63, 3.8) is 0 Å². The van der Waals surface area contributed by atoms with Gasteiger partial charge in [-0.05, 0) is 42.5 Å². The Morgan fingerprint density at radius 1 is 1.00 bits per heavy atom. The number of hydrogen-bond acceptors (Lipinski definition) is 4. The van der Waals surface area contributed by atoms with Crippen molar-refractivity contribution in [2.45, 2.75) is 6.36 Å². The molecule has 2 rings (SSSR count). The number of alkyl halides is 3. The molecule has 110 valence electrons. The number of rotatable bonds is 3. The van der Waals surface area contributed by atoms with E-state index in [2.05, 4.69) is 4.74 Å². The zero-order valence-electron chi connectivity index (χ0n) is 10.7. The molecule has 2 aromatic rings. The highest BCUT2D eigenvalue weighted by atomic mass is 19.4. The zero-order valence-corrected chi connectivity index (χ0v) is 10.7. The van der Waals surface area contributed by atoms with E-state index in [9.17, 15) is 13.2 Å². The number of benzene rings is 2. The van der Waals surface area contributed by atoms with E-state index in [1.165, 1.54) is 18.2 Å². The van der Waals surface area contributed by atoms with Gasteiger partial charge in [0, 0.05) is 22.5 Å². The van der Waals surface area contributed by atoms with Gasteiger partial charge in [0.15, 0.2) is 0 Å². The van der Waals surface area contributed by atoms with Gasteiger partial charge < -0.3 is 16.2 Å². The van der Waals surface area contributed by atoms with Crippen LogP contribution in [-0.2, 0) is 0 Å². The first-order chi connectivity index (χ1) is 9.76. The third-order valence-corrected chi connectivity index (χ3v) is 2.72. The molecule has 0 saturated carbocycles. The van der Waals surface area contributed by atoms with Gasteiger partial charge in [0.2, 0.25) is 0 Å². The van der Waals surface area contributed by atoms with Crippen LogP contribution in [0.2, 0.25) is 0 Å². The van der Waals surface area contributed by atoms with Crippen LogP contribution in [0.3, 0.4) is 0 Å². The minimum Gasteiger partial charge on any atom is -0.406 e. The Bertz CT molecular complexity index is 666. The highest BCUT2D eigenvalue weighted by Gasteiger charge is 2.31. The number of nitrogens with one attached hydrogen (secondary N) is 1. The van der Waals surface area contributed by atoms with Crippen molar-refractivity contribution < 1.29 is 17.9 Å². The number of nitrogens with two attached hydrogens (primary N) is 2. The van der Waals surface area contributed by atoms with E-state index in [0.717, 1.165) is 12.1 Å². The van der Waals surface area contributed by atoms with Crippen LogP contribution in [0, 0.1) is 5.41 Å². The van der Waals surface area contributed by atoms with Gasteiger partial charge in [-0.1, -0.05) is 0 Å². The number of halogens is 3. The Labute approximate surface area is 118 Å². The van der Waals surface area contributed by atoms with E-state index in [1.54, 1.807) is 12.1 Å². The topological polar surface area (TPSA) is 85.1 Å². The zero-order chi connectivity index (χ0) is 15.6. The standard InChI is InChI=1S/C14H12F3N3O/c15-14(16,17)21-10-4-1-8(2-5-10)13(20)11-7-9(18)3-6-12(11)19/h1-7,20H,18-19H2. The van der Waals surface area contributed by atoms with Crippen LogP contribution in [0.15, 0.2) is 42.5 Å². The van der Waals surface area contributed by atoms with Crippen molar-refractivity contribution in [1.29, 1.82) is 5.41 Å². The lowest BCUT2D eigenvalue weighted by Gasteiger charge is -2.11. The first kappa shape index (κ1) is 14.7. The fraction of sp³-hybridized carbons (Fsp3) is 0.0714. The Hall–Kier alpha value is -2.70. The lowest BCUT2D eigenvalue weighted by Crippen LogP contribution is -2.17. The van der Waals surface area contributed by atoms with E-state index < -0.39 is 6.36 Å². The van der Waals surface area contributed by atoms with Crippen LogP contribution in [0.4, 0.5) is 24.5 Å². The number of ether oxygens (including phenoxy) is 1. The summed E-state index contributed by atoms with van der Waals surface area (Å²) in [5, 5.41) is 8.06. The summed E-state index contributed by atoms with van der Waals surface area (Å²) in [5.74, 6) is -0.348. The SMILES string of the molecule is N=C(c1ccc(OC(F)(F)F)cc1)c1cc(N)ccc1N. The third-order valence-electron chi connectivity index (χ3n) is 2.72. The molecule has 0 aliphatic rings. The molecular formula is C14H12F3N3O. The largest absolute Gasteiger partial charge is 0.573 e. The molecule has 0 atom stereocenters. The lowest BCUT2D eigenvalue weighted by molar-refractivity contribution is -0.274. The molecule has 0 unspecified atom stereocenters. The molecule has 0 heterocycles. The van der Waals surface area contributed by atoms with E-state index in [4.69, 9.17) is 16.9 Å². The minimum atomic E-state index is -4.74. The Morgan fingerprint density at radius 3 is 2.19 bits per heavy atom. The van der Waals surface area contributed by atoms with Crippen LogP contribution < -0.4 is 16.2 Å². The molecule has 7 heteroatoms. The van der Waals surface area contributed by atoms with Crippen LogP contribution in [0.5, 0.6) is 5.75 Å². The summed E-state index contributed by atoms with van der Waals surface area (Å²) in [5.41, 5.74) is 13.1. The van der Waals surface area contributed by atoms with E-state index in [0.29, 0.717) is 22.5 Å². The lowest BCUT2D eigenvalue weighted by atomic mass is 10.0. The summed E-state index contributed by atoms with van der Waals surface area (Å²) in [7, 11) is 0. The fourth-order valence-electron chi connectivity index (χ4n) is 1.77. The average Bonchev–Trinajstić information content (AvgIpc) is 2.40. The van der Waals surface area contributed by atoms with Crippen molar-refractivity contribution in [2.24, 2.45) is 0 Å². The predicted octanol–water partition coefficient (Wildman–Crippen LogP) is 3.17. The fourth-order valence-corrected chi connectivity index (χ4v) is 1.77. The van der Waals surface area contributed by atoms with Gasteiger partial charge in [0.25, 0.3) is 0 Å². The molecule has 2 aromatic carbocycles. The summed E-state index contributed by atoms with van der Waals surface area (Å²) in [6.45, 7) is 0. The van der Waals surface area contributed by atoms with Gasteiger partial charge in [0.05, 0.1) is 5.71 Å². The molecule has 5 N–H and O–H groups in total. The van der Waals surface area contributed by atoms with Crippen molar-refractivity contribution in [1.82, 2.24) is 0 Å². The van der Waals surface area contributed by atoms with Crippen LogP contribution in [0.25, 0.3) is 0 Å².